The standard InChI is InChI=1S/C22H30F4O5/c1-3-11-28-15-7-5-14(6-8-15)21-29-12-16(13-30-21)31-22(25,26)17-9-10-18(27-4-2)20(24)19(17)23/h9-10,14-16,21H,3-8,11-13H2,1-2H3. The lowest BCUT2D eigenvalue weighted by molar-refractivity contribution is -0.326. The number of hydrogen-bond donors (Lipinski definition) is 0. The zero-order chi connectivity index (χ0) is 22.4. The molecule has 0 bridgehead atoms. The summed E-state index contributed by atoms with van der Waals surface area (Å²) in [6, 6.07) is 1.72. The molecule has 1 aromatic rings. The topological polar surface area (TPSA) is 46.2 Å². The van der Waals surface area contributed by atoms with Crippen molar-refractivity contribution in [1.82, 2.24) is 0 Å². The summed E-state index contributed by atoms with van der Waals surface area (Å²) in [7, 11) is 0. The molecule has 1 heterocycles. The molecule has 1 saturated heterocycles. The zero-order valence-corrected chi connectivity index (χ0v) is 17.9. The minimum absolute atomic E-state index is 0.0773. The van der Waals surface area contributed by atoms with Crippen molar-refractivity contribution in [1.29, 1.82) is 0 Å². The van der Waals surface area contributed by atoms with E-state index in [2.05, 4.69) is 6.92 Å². The van der Waals surface area contributed by atoms with Gasteiger partial charge in [0, 0.05) is 12.5 Å². The van der Waals surface area contributed by atoms with Crippen LogP contribution in [0.1, 0.15) is 51.5 Å². The van der Waals surface area contributed by atoms with Crippen LogP contribution in [-0.4, -0.2) is 44.9 Å². The fraction of sp³-hybridized carbons (Fsp3) is 0.727. The first-order valence-corrected chi connectivity index (χ1v) is 10.9. The first-order chi connectivity index (χ1) is 14.9. The van der Waals surface area contributed by atoms with Gasteiger partial charge in [-0.05, 0) is 51.2 Å². The van der Waals surface area contributed by atoms with Crippen molar-refractivity contribution < 1.29 is 41.2 Å². The van der Waals surface area contributed by atoms with Gasteiger partial charge < -0.3 is 23.7 Å². The average molecular weight is 450 g/mol. The maximum atomic E-state index is 14.5. The SMILES string of the molecule is CCCOC1CCC(C2OCC(OC(F)(F)c3ccc(OCC)c(F)c3F)CO2)CC1. The van der Waals surface area contributed by atoms with Crippen LogP contribution in [0.4, 0.5) is 17.6 Å². The predicted octanol–water partition coefficient (Wildman–Crippen LogP) is 5.16. The van der Waals surface area contributed by atoms with Crippen LogP contribution in [0.2, 0.25) is 0 Å². The molecule has 5 nitrogen and oxygen atoms in total. The van der Waals surface area contributed by atoms with Gasteiger partial charge in [0.25, 0.3) is 0 Å². The van der Waals surface area contributed by atoms with Crippen LogP contribution in [0.25, 0.3) is 0 Å². The van der Waals surface area contributed by atoms with Gasteiger partial charge in [0.05, 0.1) is 31.5 Å². The summed E-state index contributed by atoms with van der Waals surface area (Å²) in [5.74, 6) is -3.44. The lowest BCUT2D eigenvalue weighted by Crippen LogP contribution is -2.44. The fourth-order valence-electron chi connectivity index (χ4n) is 3.95. The molecule has 1 saturated carbocycles. The third-order valence-corrected chi connectivity index (χ3v) is 5.53. The Morgan fingerprint density at radius 2 is 1.65 bits per heavy atom. The lowest BCUT2D eigenvalue weighted by Gasteiger charge is -2.38. The summed E-state index contributed by atoms with van der Waals surface area (Å²) < 4.78 is 83.8. The molecule has 0 unspecified atom stereocenters. The van der Waals surface area contributed by atoms with Crippen LogP contribution < -0.4 is 4.74 Å². The van der Waals surface area contributed by atoms with Crippen molar-refractivity contribution in [3.63, 3.8) is 0 Å². The molecule has 3 rings (SSSR count). The normalized spacial score (nSPS) is 27.3. The summed E-state index contributed by atoms with van der Waals surface area (Å²) in [4.78, 5) is 0. The van der Waals surface area contributed by atoms with Crippen molar-refractivity contribution in [3.05, 3.63) is 29.3 Å². The molecule has 2 fully saturated rings. The third-order valence-electron chi connectivity index (χ3n) is 5.53. The van der Waals surface area contributed by atoms with Crippen LogP contribution in [0.3, 0.4) is 0 Å². The van der Waals surface area contributed by atoms with Gasteiger partial charge in [-0.1, -0.05) is 6.92 Å². The van der Waals surface area contributed by atoms with E-state index in [1.165, 1.54) is 0 Å². The Balaban J connectivity index is 1.51. The summed E-state index contributed by atoms with van der Waals surface area (Å²) in [5, 5.41) is 0. The number of ether oxygens (including phenoxy) is 5. The van der Waals surface area contributed by atoms with Crippen LogP contribution in [0, 0.1) is 17.6 Å². The molecular weight excluding hydrogens is 420 g/mol. The minimum atomic E-state index is -4.05. The van der Waals surface area contributed by atoms with E-state index >= 15 is 0 Å². The van der Waals surface area contributed by atoms with E-state index in [4.69, 9.17) is 23.7 Å². The highest BCUT2D eigenvalue weighted by Gasteiger charge is 2.42. The molecular formula is C22H30F4O5. The van der Waals surface area contributed by atoms with Gasteiger partial charge in [0.1, 0.15) is 6.10 Å². The van der Waals surface area contributed by atoms with Crippen LogP contribution >= 0.6 is 0 Å². The zero-order valence-electron chi connectivity index (χ0n) is 17.9. The molecule has 0 N–H and O–H groups in total. The molecule has 0 radical (unpaired) electrons. The Kier molecular flexibility index (Phi) is 8.55. The first kappa shape index (κ1) is 24.2. The quantitative estimate of drug-likeness (QED) is 0.487. The number of hydrogen-bond acceptors (Lipinski definition) is 5. The van der Waals surface area contributed by atoms with E-state index in [1.54, 1.807) is 6.92 Å². The Labute approximate surface area is 179 Å². The molecule has 0 atom stereocenters. The molecule has 176 valence electrons. The number of benzene rings is 1. The summed E-state index contributed by atoms with van der Waals surface area (Å²) in [5.41, 5.74) is -1.19. The van der Waals surface area contributed by atoms with Crippen molar-refractivity contribution in [2.24, 2.45) is 5.92 Å². The number of alkyl halides is 2. The first-order valence-electron chi connectivity index (χ1n) is 10.9. The Morgan fingerprint density at radius 1 is 0.968 bits per heavy atom. The highest BCUT2D eigenvalue weighted by atomic mass is 19.3. The van der Waals surface area contributed by atoms with E-state index in [9.17, 15) is 17.6 Å². The maximum Gasteiger partial charge on any atom is 0.386 e. The lowest BCUT2D eigenvalue weighted by atomic mass is 9.86. The van der Waals surface area contributed by atoms with Crippen molar-refractivity contribution in [2.75, 3.05) is 26.4 Å². The molecule has 1 aliphatic carbocycles. The molecule has 9 heteroatoms. The van der Waals surface area contributed by atoms with Crippen molar-refractivity contribution >= 4 is 0 Å². The second-order valence-corrected chi connectivity index (χ2v) is 7.87. The number of rotatable bonds is 9. The molecule has 31 heavy (non-hydrogen) atoms. The van der Waals surface area contributed by atoms with Gasteiger partial charge >= 0.3 is 6.11 Å². The average Bonchev–Trinajstić information content (AvgIpc) is 2.76. The second-order valence-electron chi connectivity index (χ2n) is 7.87. The van der Waals surface area contributed by atoms with Gasteiger partial charge in [-0.15, -0.1) is 0 Å². The van der Waals surface area contributed by atoms with Gasteiger partial charge in [-0.25, -0.2) is 4.39 Å². The summed E-state index contributed by atoms with van der Waals surface area (Å²) >= 11 is 0. The highest BCUT2D eigenvalue weighted by molar-refractivity contribution is 5.32. The molecule has 2 aliphatic rings. The monoisotopic (exact) mass is 450 g/mol. The Hall–Kier alpha value is -1.42. The van der Waals surface area contributed by atoms with E-state index in [0.717, 1.165) is 50.8 Å². The molecule has 0 amide bonds. The maximum absolute atomic E-state index is 14.5. The van der Waals surface area contributed by atoms with Gasteiger partial charge in [-0.2, -0.15) is 13.2 Å². The van der Waals surface area contributed by atoms with Crippen LogP contribution in [0.15, 0.2) is 12.1 Å². The Bertz CT molecular complexity index is 701. The van der Waals surface area contributed by atoms with E-state index < -0.39 is 41.4 Å². The van der Waals surface area contributed by atoms with Gasteiger partial charge in [0.2, 0.25) is 5.82 Å². The fourth-order valence-corrected chi connectivity index (χ4v) is 3.95. The van der Waals surface area contributed by atoms with Crippen molar-refractivity contribution in [2.45, 2.75) is 70.6 Å². The third kappa shape index (κ3) is 6.09. The van der Waals surface area contributed by atoms with Gasteiger partial charge in [-0.3, -0.25) is 0 Å². The van der Waals surface area contributed by atoms with Crippen molar-refractivity contribution in [3.8, 4) is 5.75 Å². The van der Waals surface area contributed by atoms with Crippen LogP contribution in [-0.2, 0) is 25.1 Å². The predicted molar refractivity (Wildman–Crippen MR) is 104 cm³/mol. The molecule has 0 aromatic heterocycles. The van der Waals surface area contributed by atoms with E-state index in [-0.39, 0.29) is 31.8 Å². The number of halogens is 4. The summed E-state index contributed by atoms with van der Waals surface area (Å²) in [6.07, 6.45) is -0.843. The summed E-state index contributed by atoms with van der Waals surface area (Å²) in [6.45, 7) is 4.23. The van der Waals surface area contributed by atoms with Crippen LogP contribution in [0.5, 0.6) is 5.75 Å². The van der Waals surface area contributed by atoms with E-state index in [0.29, 0.717) is 0 Å². The van der Waals surface area contributed by atoms with E-state index in [1.807, 2.05) is 0 Å². The molecule has 0 spiro atoms. The molecule has 1 aromatic carbocycles. The second kappa shape index (κ2) is 10.9. The largest absolute Gasteiger partial charge is 0.491 e. The highest BCUT2D eigenvalue weighted by Crippen LogP contribution is 2.37. The van der Waals surface area contributed by atoms with Gasteiger partial charge in [0.15, 0.2) is 17.9 Å². The molecule has 1 aliphatic heterocycles. The minimum Gasteiger partial charge on any atom is -0.491 e. The smallest absolute Gasteiger partial charge is 0.386 e. The Morgan fingerprint density at radius 3 is 2.26 bits per heavy atom.